The summed E-state index contributed by atoms with van der Waals surface area (Å²) in [5.74, 6) is -1.10. The Labute approximate surface area is 108 Å². The molecule has 0 aromatic heterocycles. The molecule has 0 saturated carbocycles. The number of nitrogens with one attached hydrogen (secondary N) is 2. The zero-order chi connectivity index (χ0) is 14.5. The van der Waals surface area contributed by atoms with E-state index in [2.05, 4.69) is 10.6 Å². The number of likely N-dealkylation sites (N-methyl/N-ethyl adjacent to an activating group) is 1. The second kappa shape index (κ2) is 6.51. The van der Waals surface area contributed by atoms with E-state index in [1.54, 1.807) is 0 Å². The summed E-state index contributed by atoms with van der Waals surface area (Å²) in [6.45, 7) is -0.0877. The first-order chi connectivity index (χ1) is 8.81. The van der Waals surface area contributed by atoms with Crippen molar-refractivity contribution >= 4 is 5.91 Å². The number of alkyl halides is 3. The van der Waals surface area contributed by atoms with Gasteiger partial charge in [0.2, 0.25) is 5.91 Å². The molecule has 7 heteroatoms. The van der Waals surface area contributed by atoms with Gasteiger partial charge >= 0.3 is 6.18 Å². The van der Waals surface area contributed by atoms with Crippen molar-refractivity contribution in [2.45, 2.75) is 18.6 Å². The van der Waals surface area contributed by atoms with Gasteiger partial charge in [-0.1, -0.05) is 12.1 Å². The minimum atomic E-state index is -4.42. The molecule has 0 fully saturated rings. The normalized spacial score (nSPS) is 13.1. The van der Waals surface area contributed by atoms with Crippen molar-refractivity contribution in [3.8, 4) is 0 Å². The second-order valence-corrected chi connectivity index (χ2v) is 4.02. The maximum atomic E-state index is 12.8. The maximum Gasteiger partial charge on any atom is 0.391 e. The number of benzene rings is 1. The van der Waals surface area contributed by atoms with Crippen LogP contribution >= 0.6 is 0 Å². The third-order valence-corrected chi connectivity index (χ3v) is 2.38. The largest absolute Gasteiger partial charge is 0.391 e. The van der Waals surface area contributed by atoms with Gasteiger partial charge < -0.3 is 10.6 Å². The molecule has 1 atom stereocenters. The average Bonchev–Trinajstić information content (AvgIpc) is 2.27. The highest BCUT2D eigenvalue weighted by Crippen LogP contribution is 2.29. The molecule has 2 N–H and O–H groups in total. The number of rotatable bonds is 5. The third-order valence-electron chi connectivity index (χ3n) is 2.38. The quantitative estimate of drug-likeness (QED) is 0.810. The molecule has 1 unspecified atom stereocenters. The predicted octanol–water partition coefficient (Wildman–Crippen LogP) is 2.15. The fourth-order valence-electron chi connectivity index (χ4n) is 1.58. The lowest BCUT2D eigenvalue weighted by Crippen LogP contribution is -2.37. The van der Waals surface area contributed by atoms with Crippen LogP contribution in [0.1, 0.15) is 18.0 Å². The molecule has 0 aliphatic carbocycles. The highest BCUT2D eigenvalue weighted by Gasteiger charge is 2.33. The Hall–Kier alpha value is -1.63. The molecule has 106 valence electrons. The van der Waals surface area contributed by atoms with E-state index in [1.165, 1.54) is 19.2 Å². The zero-order valence-electron chi connectivity index (χ0n) is 10.2. The summed E-state index contributed by atoms with van der Waals surface area (Å²) in [6, 6.07) is 3.35. The van der Waals surface area contributed by atoms with Gasteiger partial charge in [0, 0.05) is 0 Å². The molecular formula is C12H14F4N2O. The Kier molecular flexibility index (Phi) is 5.29. The zero-order valence-corrected chi connectivity index (χ0v) is 10.2. The van der Waals surface area contributed by atoms with E-state index in [0.29, 0.717) is 0 Å². The number of amides is 1. The van der Waals surface area contributed by atoms with E-state index in [4.69, 9.17) is 0 Å². The van der Waals surface area contributed by atoms with Gasteiger partial charge in [-0.2, -0.15) is 13.2 Å². The number of carbonyl (C=O) groups excluding carboxylic acids is 1. The molecule has 1 rings (SSSR count). The van der Waals surface area contributed by atoms with Gasteiger partial charge in [-0.15, -0.1) is 0 Å². The fraction of sp³-hybridized carbons (Fsp3) is 0.417. The lowest BCUT2D eigenvalue weighted by Gasteiger charge is -2.20. The van der Waals surface area contributed by atoms with Crippen LogP contribution in [-0.2, 0) is 4.79 Å². The lowest BCUT2D eigenvalue weighted by atomic mass is 10.0. The van der Waals surface area contributed by atoms with Crippen molar-refractivity contribution in [3.05, 3.63) is 35.6 Å². The maximum absolute atomic E-state index is 12.8. The summed E-state index contributed by atoms with van der Waals surface area (Å²) in [6.07, 6.45) is -5.62. The molecule has 1 aromatic rings. The van der Waals surface area contributed by atoms with E-state index in [1.807, 2.05) is 0 Å². The van der Waals surface area contributed by atoms with E-state index in [-0.39, 0.29) is 12.1 Å². The topological polar surface area (TPSA) is 41.1 Å². The van der Waals surface area contributed by atoms with Crippen molar-refractivity contribution in [1.29, 1.82) is 0 Å². The van der Waals surface area contributed by atoms with Gasteiger partial charge in [0.25, 0.3) is 0 Å². The van der Waals surface area contributed by atoms with Crippen LogP contribution in [0.15, 0.2) is 24.3 Å². The van der Waals surface area contributed by atoms with Crippen molar-refractivity contribution in [2.75, 3.05) is 13.6 Å². The Morgan fingerprint density at radius 1 is 1.26 bits per heavy atom. The summed E-state index contributed by atoms with van der Waals surface area (Å²) in [4.78, 5) is 11.4. The molecule has 0 radical (unpaired) electrons. The SMILES string of the molecule is CNCC(=O)NC(CC(F)(F)F)c1ccc(F)cc1. The molecule has 1 amide bonds. The van der Waals surface area contributed by atoms with Gasteiger partial charge in [0.1, 0.15) is 5.82 Å². The number of carbonyl (C=O) groups is 1. The molecule has 1 aromatic carbocycles. The van der Waals surface area contributed by atoms with Crippen LogP contribution in [0, 0.1) is 5.82 Å². The van der Waals surface area contributed by atoms with Gasteiger partial charge in [0.15, 0.2) is 0 Å². The Balaban J connectivity index is 2.85. The van der Waals surface area contributed by atoms with E-state index >= 15 is 0 Å². The van der Waals surface area contributed by atoms with E-state index < -0.39 is 30.4 Å². The van der Waals surface area contributed by atoms with E-state index in [9.17, 15) is 22.4 Å². The standard InChI is InChI=1S/C12H14F4N2O/c1-17-7-11(19)18-10(6-12(14,15)16)8-2-4-9(13)5-3-8/h2-5,10,17H,6-7H2,1H3,(H,18,19). The first-order valence-corrected chi connectivity index (χ1v) is 5.58. The molecule has 0 aliphatic rings. The summed E-state index contributed by atoms with van der Waals surface area (Å²) in [5.41, 5.74) is 0.211. The van der Waals surface area contributed by atoms with Crippen LogP contribution in [0.5, 0.6) is 0 Å². The minimum Gasteiger partial charge on any atom is -0.348 e. The Morgan fingerprint density at radius 2 is 1.84 bits per heavy atom. The molecule has 0 bridgehead atoms. The molecule has 0 heterocycles. The number of hydrogen-bond acceptors (Lipinski definition) is 2. The van der Waals surface area contributed by atoms with E-state index in [0.717, 1.165) is 12.1 Å². The van der Waals surface area contributed by atoms with Crippen molar-refractivity contribution in [2.24, 2.45) is 0 Å². The first-order valence-electron chi connectivity index (χ1n) is 5.58. The van der Waals surface area contributed by atoms with Crippen molar-refractivity contribution in [1.82, 2.24) is 10.6 Å². The highest BCUT2D eigenvalue weighted by molar-refractivity contribution is 5.78. The fourth-order valence-corrected chi connectivity index (χ4v) is 1.58. The minimum absolute atomic E-state index is 0.0877. The van der Waals surface area contributed by atoms with Crippen LogP contribution in [0.25, 0.3) is 0 Å². The van der Waals surface area contributed by atoms with Gasteiger partial charge in [-0.3, -0.25) is 4.79 Å². The van der Waals surface area contributed by atoms with Crippen LogP contribution in [-0.4, -0.2) is 25.7 Å². The second-order valence-electron chi connectivity index (χ2n) is 4.02. The van der Waals surface area contributed by atoms with Crippen LogP contribution in [0.2, 0.25) is 0 Å². The summed E-state index contributed by atoms with van der Waals surface area (Å²) >= 11 is 0. The molecule has 19 heavy (non-hydrogen) atoms. The molecule has 0 saturated heterocycles. The molecule has 0 aliphatic heterocycles. The van der Waals surface area contributed by atoms with Crippen LogP contribution in [0.4, 0.5) is 17.6 Å². The number of halogens is 4. The highest BCUT2D eigenvalue weighted by atomic mass is 19.4. The van der Waals surface area contributed by atoms with Crippen LogP contribution < -0.4 is 10.6 Å². The number of hydrogen-bond donors (Lipinski definition) is 2. The molecule has 3 nitrogen and oxygen atoms in total. The van der Waals surface area contributed by atoms with Gasteiger partial charge in [-0.25, -0.2) is 4.39 Å². The lowest BCUT2D eigenvalue weighted by molar-refractivity contribution is -0.142. The average molecular weight is 278 g/mol. The van der Waals surface area contributed by atoms with Gasteiger partial charge in [-0.05, 0) is 24.7 Å². The van der Waals surface area contributed by atoms with Crippen molar-refractivity contribution < 1.29 is 22.4 Å². The Bertz CT molecular complexity index is 417. The molecular weight excluding hydrogens is 264 g/mol. The smallest absolute Gasteiger partial charge is 0.348 e. The summed E-state index contributed by atoms with van der Waals surface area (Å²) in [7, 11) is 1.51. The van der Waals surface area contributed by atoms with Crippen LogP contribution in [0.3, 0.4) is 0 Å². The Morgan fingerprint density at radius 3 is 2.32 bits per heavy atom. The van der Waals surface area contributed by atoms with Crippen molar-refractivity contribution in [3.63, 3.8) is 0 Å². The monoisotopic (exact) mass is 278 g/mol. The predicted molar refractivity (Wildman–Crippen MR) is 61.9 cm³/mol. The summed E-state index contributed by atoms with van der Waals surface area (Å²) < 4.78 is 50.1. The first kappa shape index (κ1) is 15.4. The molecule has 0 spiro atoms. The summed E-state index contributed by atoms with van der Waals surface area (Å²) in [5, 5.41) is 4.81. The van der Waals surface area contributed by atoms with Gasteiger partial charge in [0.05, 0.1) is 19.0 Å². The third kappa shape index (κ3) is 5.69.